The summed E-state index contributed by atoms with van der Waals surface area (Å²) in [4.78, 5) is 18.3. The Morgan fingerprint density at radius 2 is 1.73 bits per heavy atom. The van der Waals surface area contributed by atoms with Gasteiger partial charge in [0.05, 0.1) is 13.2 Å². The van der Waals surface area contributed by atoms with Gasteiger partial charge in [0.1, 0.15) is 6.10 Å². The molecule has 0 unspecified atom stereocenters. The second-order valence-electron chi connectivity index (χ2n) is 9.18. The number of aromatic nitrogens is 3. The molecule has 1 N–H and O–H groups in total. The topological polar surface area (TPSA) is 75.6 Å². The molecule has 3 heterocycles. The van der Waals surface area contributed by atoms with Gasteiger partial charge in [0.15, 0.2) is 0 Å². The van der Waals surface area contributed by atoms with Gasteiger partial charge in [-0.05, 0) is 27.7 Å². The molecule has 0 amide bonds. The second-order valence-corrected chi connectivity index (χ2v) is 9.18. The van der Waals surface area contributed by atoms with Crippen molar-refractivity contribution in [3.8, 4) is 6.01 Å². The highest BCUT2D eigenvalue weighted by atomic mass is 16.5. The highest BCUT2D eigenvalue weighted by Gasteiger charge is 2.45. The summed E-state index contributed by atoms with van der Waals surface area (Å²) in [7, 11) is 0. The van der Waals surface area contributed by atoms with E-state index in [0.29, 0.717) is 37.7 Å². The molecule has 1 aromatic rings. The van der Waals surface area contributed by atoms with Crippen LogP contribution in [0.2, 0.25) is 0 Å². The summed E-state index contributed by atoms with van der Waals surface area (Å²) in [6, 6.07) is 0.367. The Balaban J connectivity index is 1.82. The maximum Gasteiger partial charge on any atom is 0.323 e. The molecule has 2 fully saturated rings. The highest BCUT2D eigenvalue weighted by molar-refractivity contribution is 5.39. The average molecular weight is 417 g/mol. The van der Waals surface area contributed by atoms with Crippen LogP contribution in [-0.4, -0.2) is 76.4 Å². The SMILES string of the molecule is C=CCNc1nc(OC2CC(C)(C)N(CC=C)C(C)(C)C2)nc(N2CCOCC2)n1. The zero-order valence-corrected chi connectivity index (χ0v) is 18.9. The molecule has 166 valence electrons. The van der Waals surface area contributed by atoms with E-state index in [1.807, 2.05) is 6.08 Å². The van der Waals surface area contributed by atoms with Crippen LogP contribution in [0.4, 0.5) is 11.9 Å². The van der Waals surface area contributed by atoms with Crippen LogP contribution in [0.5, 0.6) is 6.01 Å². The Labute approximate surface area is 180 Å². The maximum absolute atomic E-state index is 6.37. The van der Waals surface area contributed by atoms with Crippen molar-refractivity contribution in [2.45, 2.75) is 57.7 Å². The van der Waals surface area contributed by atoms with Gasteiger partial charge in [0.25, 0.3) is 0 Å². The Hall–Kier alpha value is -2.19. The summed E-state index contributed by atoms with van der Waals surface area (Å²) in [5.74, 6) is 1.13. The second kappa shape index (κ2) is 9.31. The largest absolute Gasteiger partial charge is 0.460 e. The summed E-state index contributed by atoms with van der Waals surface area (Å²) >= 11 is 0. The van der Waals surface area contributed by atoms with Crippen LogP contribution in [0.1, 0.15) is 40.5 Å². The van der Waals surface area contributed by atoms with Gasteiger partial charge >= 0.3 is 6.01 Å². The van der Waals surface area contributed by atoms with E-state index >= 15 is 0 Å². The molecule has 30 heavy (non-hydrogen) atoms. The fourth-order valence-corrected chi connectivity index (χ4v) is 4.63. The van der Waals surface area contributed by atoms with E-state index in [1.165, 1.54) is 0 Å². The number of likely N-dealkylation sites (tertiary alicyclic amines) is 1. The number of ether oxygens (including phenoxy) is 2. The van der Waals surface area contributed by atoms with Crippen molar-refractivity contribution in [3.05, 3.63) is 25.3 Å². The minimum absolute atomic E-state index is 0.0169. The van der Waals surface area contributed by atoms with E-state index in [0.717, 1.165) is 32.5 Å². The predicted molar refractivity (Wildman–Crippen MR) is 120 cm³/mol. The normalized spacial score (nSPS) is 21.8. The van der Waals surface area contributed by atoms with Gasteiger partial charge in [-0.25, -0.2) is 0 Å². The van der Waals surface area contributed by atoms with Crippen LogP contribution in [0.15, 0.2) is 25.3 Å². The smallest absolute Gasteiger partial charge is 0.323 e. The number of piperidine rings is 1. The van der Waals surface area contributed by atoms with Crippen molar-refractivity contribution in [1.82, 2.24) is 19.9 Å². The van der Waals surface area contributed by atoms with Crippen molar-refractivity contribution < 1.29 is 9.47 Å². The lowest BCUT2D eigenvalue weighted by atomic mass is 9.78. The molecule has 2 saturated heterocycles. The molecule has 8 nitrogen and oxygen atoms in total. The van der Waals surface area contributed by atoms with E-state index in [1.54, 1.807) is 6.08 Å². The summed E-state index contributed by atoms with van der Waals surface area (Å²) < 4.78 is 11.8. The van der Waals surface area contributed by atoms with Crippen LogP contribution in [0.25, 0.3) is 0 Å². The predicted octanol–water partition coefficient (Wildman–Crippen LogP) is 2.89. The lowest BCUT2D eigenvalue weighted by Gasteiger charge is -2.54. The third kappa shape index (κ3) is 5.29. The van der Waals surface area contributed by atoms with Crippen molar-refractivity contribution in [2.24, 2.45) is 0 Å². The first kappa shape index (κ1) is 22.5. The van der Waals surface area contributed by atoms with E-state index in [9.17, 15) is 0 Å². The first-order chi connectivity index (χ1) is 14.2. The van der Waals surface area contributed by atoms with Crippen molar-refractivity contribution >= 4 is 11.9 Å². The first-order valence-electron chi connectivity index (χ1n) is 10.7. The van der Waals surface area contributed by atoms with Gasteiger partial charge in [0.2, 0.25) is 11.9 Å². The van der Waals surface area contributed by atoms with Crippen LogP contribution in [0, 0.1) is 0 Å². The monoisotopic (exact) mass is 416 g/mol. The standard InChI is InChI=1S/C22H36N6O2/c1-7-9-23-18-24-19(27-11-13-29-14-12-27)26-20(25-18)30-17-15-21(3,4)28(10-8-2)22(5,6)16-17/h7-8,17H,1-2,9-16H2,3-6H3,(H,23,24,25,26). The number of hydrogen-bond donors (Lipinski definition) is 1. The number of nitrogens with zero attached hydrogens (tertiary/aromatic N) is 5. The maximum atomic E-state index is 6.37. The summed E-state index contributed by atoms with van der Waals surface area (Å²) in [5, 5.41) is 3.17. The van der Waals surface area contributed by atoms with E-state index in [4.69, 9.17) is 9.47 Å². The minimum atomic E-state index is -0.0232. The molecule has 0 atom stereocenters. The van der Waals surface area contributed by atoms with Crippen LogP contribution in [0.3, 0.4) is 0 Å². The third-order valence-corrected chi connectivity index (χ3v) is 5.80. The fraction of sp³-hybridized carbons (Fsp3) is 0.682. The molecule has 0 radical (unpaired) electrons. The molecule has 0 bridgehead atoms. The number of anilines is 2. The molecule has 2 aliphatic rings. The number of hydrogen-bond acceptors (Lipinski definition) is 8. The van der Waals surface area contributed by atoms with E-state index in [-0.39, 0.29) is 17.2 Å². The lowest BCUT2D eigenvalue weighted by molar-refractivity contribution is -0.0676. The van der Waals surface area contributed by atoms with Crippen molar-refractivity contribution in [3.63, 3.8) is 0 Å². The Morgan fingerprint density at radius 3 is 2.33 bits per heavy atom. The van der Waals surface area contributed by atoms with Crippen LogP contribution < -0.4 is 15.0 Å². The number of morpholine rings is 1. The Morgan fingerprint density at radius 1 is 1.07 bits per heavy atom. The van der Waals surface area contributed by atoms with Crippen molar-refractivity contribution in [1.29, 1.82) is 0 Å². The molecule has 1 aromatic heterocycles. The van der Waals surface area contributed by atoms with Crippen LogP contribution in [-0.2, 0) is 4.74 Å². The average Bonchev–Trinajstić information content (AvgIpc) is 2.69. The molecule has 0 aromatic carbocycles. The van der Waals surface area contributed by atoms with Gasteiger partial charge < -0.3 is 19.7 Å². The quantitative estimate of drug-likeness (QED) is 0.649. The zero-order valence-electron chi connectivity index (χ0n) is 18.9. The van der Waals surface area contributed by atoms with Crippen molar-refractivity contribution in [2.75, 3.05) is 49.6 Å². The Kier molecular flexibility index (Phi) is 6.98. The highest BCUT2D eigenvalue weighted by Crippen LogP contribution is 2.39. The summed E-state index contributed by atoms with van der Waals surface area (Å²) in [5.41, 5.74) is -0.0464. The molecular weight excluding hydrogens is 380 g/mol. The van der Waals surface area contributed by atoms with Gasteiger partial charge in [-0.3, -0.25) is 4.90 Å². The van der Waals surface area contributed by atoms with Crippen LogP contribution >= 0.6 is 0 Å². The van der Waals surface area contributed by atoms with Gasteiger partial charge in [0, 0.05) is 50.1 Å². The molecule has 0 aliphatic carbocycles. The number of nitrogens with one attached hydrogen (secondary N) is 1. The molecular formula is C22H36N6O2. The molecule has 0 spiro atoms. The van der Waals surface area contributed by atoms with Gasteiger partial charge in [-0.15, -0.1) is 13.2 Å². The zero-order chi connectivity index (χ0) is 21.8. The molecule has 3 rings (SSSR count). The first-order valence-corrected chi connectivity index (χ1v) is 10.7. The molecule has 8 heteroatoms. The van der Waals surface area contributed by atoms with Gasteiger partial charge in [-0.2, -0.15) is 15.0 Å². The molecule has 2 aliphatic heterocycles. The number of rotatable bonds is 8. The summed E-state index contributed by atoms with van der Waals surface area (Å²) in [6.07, 6.45) is 5.54. The lowest BCUT2D eigenvalue weighted by Crippen LogP contribution is -2.62. The summed E-state index contributed by atoms with van der Waals surface area (Å²) in [6.45, 7) is 21.0. The fourth-order valence-electron chi connectivity index (χ4n) is 4.63. The minimum Gasteiger partial charge on any atom is -0.460 e. The van der Waals surface area contributed by atoms with E-state index < -0.39 is 0 Å². The van der Waals surface area contributed by atoms with Gasteiger partial charge in [-0.1, -0.05) is 12.2 Å². The Bertz CT molecular complexity index is 727. The third-order valence-electron chi connectivity index (χ3n) is 5.80. The molecule has 0 saturated carbocycles. The van der Waals surface area contributed by atoms with E-state index in [2.05, 4.69) is 70.9 Å².